The van der Waals surface area contributed by atoms with Crippen LogP contribution < -0.4 is 0 Å². The summed E-state index contributed by atoms with van der Waals surface area (Å²) in [6, 6.07) is 0. The van der Waals surface area contributed by atoms with Gasteiger partial charge in [-0.15, -0.1) is 0 Å². The summed E-state index contributed by atoms with van der Waals surface area (Å²) < 4.78 is 30.2. The molecule has 1 heterocycles. The number of carbonyl (C=O) groups excluding carboxylic acids is 1. The Labute approximate surface area is 105 Å². The van der Waals surface area contributed by atoms with E-state index in [1.165, 1.54) is 6.92 Å². The van der Waals surface area contributed by atoms with Gasteiger partial charge in [-0.3, -0.25) is 0 Å². The van der Waals surface area contributed by atoms with Crippen molar-refractivity contribution in [2.75, 3.05) is 6.61 Å². The normalized spacial score (nSPS) is 10.5. The molecule has 0 aromatic carbocycles. The van der Waals surface area contributed by atoms with Gasteiger partial charge < -0.3 is 14.9 Å². The molecule has 0 unspecified atom stereocenters. The Bertz CT molecular complexity index is 496. The molecule has 1 aromatic heterocycles. The van der Waals surface area contributed by atoms with Gasteiger partial charge in [0.1, 0.15) is 5.56 Å². The first kappa shape index (κ1) is 14.2. The van der Waals surface area contributed by atoms with Crippen LogP contribution in [0.4, 0.5) is 14.6 Å². The Kier molecular flexibility index (Phi) is 4.49. The van der Waals surface area contributed by atoms with Crippen LogP contribution in [0.5, 0.6) is 0 Å². The van der Waals surface area contributed by atoms with E-state index in [1.54, 1.807) is 0 Å². The Hall–Kier alpha value is -1.83. The van der Waals surface area contributed by atoms with E-state index >= 15 is 0 Å². The van der Waals surface area contributed by atoms with Gasteiger partial charge in [-0.25, -0.2) is 13.6 Å². The molecule has 0 aliphatic carbocycles. The van der Waals surface area contributed by atoms with Gasteiger partial charge in [-0.1, -0.05) is 11.6 Å². The summed E-state index contributed by atoms with van der Waals surface area (Å²) in [7, 11) is 0. The Morgan fingerprint density at radius 3 is 2.72 bits per heavy atom. The van der Waals surface area contributed by atoms with Gasteiger partial charge in [0.15, 0.2) is 6.20 Å². The third kappa shape index (κ3) is 2.70. The average Bonchev–Trinajstić information content (AvgIpc) is 2.27. The molecule has 0 aliphatic rings. The SMILES string of the molecule is CCOC(=O)c1c(Cl)cnc([N+](=O)[O-])c1C(F)F. The monoisotopic (exact) mass is 280 g/mol. The highest BCUT2D eigenvalue weighted by Crippen LogP contribution is 2.34. The van der Waals surface area contributed by atoms with Crippen LogP contribution in [0.25, 0.3) is 0 Å². The third-order valence-corrected chi connectivity index (χ3v) is 2.21. The van der Waals surface area contributed by atoms with Gasteiger partial charge in [0.25, 0.3) is 6.43 Å². The second-order valence-corrected chi connectivity index (χ2v) is 3.40. The van der Waals surface area contributed by atoms with Crippen LogP contribution in [0, 0.1) is 10.1 Å². The average molecular weight is 281 g/mol. The van der Waals surface area contributed by atoms with E-state index in [0.29, 0.717) is 0 Å². The molecule has 0 atom stereocenters. The zero-order chi connectivity index (χ0) is 13.9. The smallest absolute Gasteiger partial charge is 0.373 e. The summed E-state index contributed by atoms with van der Waals surface area (Å²) in [6.45, 7) is 1.39. The number of aromatic nitrogens is 1. The van der Waals surface area contributed by atoms with Crippen LogP contribution in [0.2, 0.25) is 5.02 Å². The van der Waals surface area contributed by atoms with E-state index in [-0.39, 0.29) is 6.61 Å². The maximum absolute atomic E-state index is 12.8. The number of halogens is 3. The fraction of sp³-hybridized carbons (Fsp3) is 0.333. The third-order valence-electron chi connectivity index (χ3n) is 1.92. The second-order valence-electron chi connectivity index (χ2n) is 3.00. The number of pyridine rings is 1. The van der Waals surface area contributed by atoms with Crippen LogP contribution in [0.15, 0.2) is 6.20 Å². The van der Waals surface area contributed by atoms with Gasteiger partial charge in [-0.2, -0.15) is 0 Å². The lowest BCUT2D eigenvalue weighted by Crippen LogP contribution is -2.12. The zero-order valence-electron chi connectivity index (χ0n) is 9.02. The molecular formula is C9H7ClF2N2O4. The first-order valence-electron chi connectivity index (χ1n) is 4.68. The van der Waals surface area contributed by atoms with E-state index in [9.17, 15) is 23.7 Å². The minimum absolute atomic E-state index is 0.0754. The van der Waals surface area contributed by atoms with Gasteiger partial charge in [-0.05, 0) is 16.8 Å². The van der Waals surface area contributed by atoms with Crippen LogP contribution in [-0.2, 0) is 4.74 Å². The van der Waals surface area contributed by atoms with Crippen LogP contribution in [0.1, 0.15) is 29.3 Å². The van der Waals surface area contributed by atoms with Crippen molar-refractivity contribution in [3.63, 3.8) is 0 Å². The van der Waals surface area contributed by atoms with Crippen molar-refractivity contribution < 1.29 is 23.2 Å². The number of nitro groups is 1. The van der Waals surface area contributed by atoms with Gasteiger partial charge in [0.05, 0.1) is 17.2 Å². The summed E-state index contributed by atoms with van der Waals surface area (Å²) in [5.74, 6) is -2.26. The largest absolute Gasteiger partial charge is 0.462 e. The topological polar surface area (TPSA) is 82.3 Å². The van der Waals surface area contributed by atoms with Crippen molar-refractivity contribution in [3.05, 3.63) is 32.5 Å². The summed E-state index contributed by atoms with van der Waals surface area (Å²) >= 11 is 5.56. The van der Waals surface area contributed by atoms with Crippen LogP contribution in [0.3, 0.4) is 0 Å². The fourth-order valence-corrected chi connectivity index (χ4v) is 1.48. The van der Waals surface area contributed by atoms with Crippen molar-refractivity contribution in [2.24, 2.45) is 0 Å². The Morgan fingerprint density at radius 1 is 1.67 bits per heavy atom. The highest BCUT2D eigenvalue weighted by atomic mass is 35.5. The maximum Gasteiger partial charge on any atom is 0.373 e. The molecule has 1 rings (SSSR count). The molecular weight excluding hydrogens is 274 g/mol. The predicted molar refractivity (Wildman–Crippen MR) is 56.8 cm³/mol. The molecule has 98 valence electrons. The van der Waals surface area contributed by atoms with E-state index in [0.717, 1.165) is 6.20 Å². The molecule has 0 fully saturated rings. The molecule has 9 heteroatoms. The highest BCUT2D eigenvalue weighted by molar-refractivity contribution is 6.33. The van der Waals surface area contributed by atoms with Crippen molar-refractivity contribution in [1.82, 2.24) is 4.98 Å². The molecule has 0 radical (unpaired) electrons. The first-order chi connectivity index (χ1) is 8.40. The minimum atomic E-state index is -3.27. The minimum Gasteiger partial charge on any atom is -0.462 e. The zero-order valence-corrected chi connectivity index (χ0v) is 9.78. The van der Waals surface area contributed by atoms with E-state index in [2.05, 4.69) is 9.72 Å². The lowest BCUT2D eigenvalue weighted by Gasteiger charge is -2.09. The standard InChI is InChI=1S/C9H7ClF2N2O4/c1-2-18-9(15)5-4(10)3-13-8(14(16)17)6(5)7(11)12/h3,7H,2H2,1H3. The van der Waals surface area contributed by atoms with E-state index in [4.69, 9.17) is 11.6 Å². The Balaban J connectivity index is 3.51. The molecule has 0 saturated carbocycles. The van der Waals surface area contributed by atoms with Gasteiger partial charge in [0.2, 0.25) is 0 Å². The lowest BCUT2D eigenvalue weighted by molar-refractivity contribution is -0.391. The second kappa shape index (κ2) is 5.67. The number of hydrogen-bond donors (Lipinski definition) is 0. The maximum atomic E-state index is 12.8. The molecule has 0 bridgehead atoms. The number of carbonyl (C=O) groups is 1. The molecule has 0 amide bonds. The molecule has 0 saturated heterocycles. The number of hydrogen-bond acceptors (Lipinski definition) is 5. The molecule has 0 N–H and O–H groups in total. The number of nitrogens with zero attached hydrogens (tertiary/aromatic N) is 2. The molecule has 0 spiro atoms. The molecule has 6 nitrogen and oxygen atoms in total. The van der Waals surface area contributed by atoms with E-state index in [1.807, 2.05) is 0 Å². The number of alkyl halides is 2. The Morgan fingerprint density at radius 2 is 2.28 bits per heavy atom. The van der Waals surface area contributed by atoms with Crippen LogP contribution >= 0.6 is 11.6 Å². The van der Waals surface area contributed by atoms with Crippen molar-refractivity contribution in [2.45, 2.75) is 13.3 Å². The summed E-state index contributed by atoms with van der Waals surface area (Å²) in [5.41, 5.74) is -1.86. The fourth-order valence-electron chi connectivity index (χ4n) is 1.26. The van der Waals surface area contributed by atoms with Crippen molar-refractivity contribution in [3.8, 4) is 0 Å². The van der Waals surface area contributed by atoms with Crippen LogP contribution in [-0.4, -0.2) is 22.5 Å². The summed E-state index contributed by atoms with van der Waals surface area (Å²) in [4.78, 5) is 24.1. The molecule has 1 aromatic rings. The number of esters is 1. The predicted octanol–water partition coefficient (Wildman–Crippen LogP) is 2.76. The lowest BCUT2D eigenvalue weighted by atomic mass is 10.1. The van der Waals surface area contributed by atoms with Crippen molar-refractivity contribution in [1.29, 1.82) is 0 Å². The molecule has 0 aliphatic heterocycles. The quantitative estimate of drug-likeness (QED) is 0.481. The number of ether oxygens (including phenoxy) is 1. The summed E-state index contributed by atoms with van der Waals surface area (Å²) in [6.07, 6.45) is -2.51. The summed E-state index contributed by atoms with van der Waals surface area (Å²) in [5, 5.41) is 10.2. The highest BCUT2D eigenvalue weighted by Gasteiger charge is 2.33. The first-order valence-corrected chi connectivity index (χ1v) is 5.06. The van der Waals surface area contributed by atoms with Gasteiger partial charge >= 0.3 is 11.8 Å². The van der Waals surface area contributed by atoms with Gasteiger partial charge in [0, 0.05) is 0 Å². The van der Waals surface area contributed by atoms with E-state index < -0.39 is 39.3 Å². The number of rotatable bonds is 4. The van der Waals surface area contributed by atoms with Crippen molar-refractivity contribution >= 4 is 23.4 Å². The molecule has 18 heavy (non-hydrogen) atoms.